The Morgan fingerprint density at radius 3 is 1.73 bits per heavy atom. The Labute approximate surface area is 143 Å². The molecule has 0 unspecified atom stereocenters. The summed E-state index contributed by atoms with van der Waals surface area (Å²) in [6.45, 7) is 10.2. The summed E-state index contributed by atoms with van der Waals surface area (Å²) in [5.74, 6) is -0.264. The van der Waals surface area contributed by atoms with E-state index in [2.05, 4.69) is 19.7 Å². The molecule has 0 amide bonds. The Morgan fingerprint density at radius 1 is 0.909 bits per heavy atom. The molecular weight excluding hydrogens is 312 g/mol. The average molecular weight is 347 g/mol. The van der Waals surface area contributed by atoms with E-state index in [1.54, 1.807) is 6.92 Å². The van der Waals surface area contributed by atoms with Gasteiger partial charge in [-0.25, -0.2) is 4.79 Å². The van der Waals surface area contributed by atoms with Gasteiger partial charge in [-0.1, -0.05) is 77.5 Å². The highest BCUT2D eigenvalue weighted by Crippen LogP contribution is 2.19. The highest BCUT2D eigenvalue weighted by molar-refractivity contribution is 7.19. The highest BCUT2D eigenvalue weighted by Gasteiger charge is 2.15. The first kappa shape index (κ1) is 21.7. The fourth-order valence-corrected chi connectivity index (χ4v) is 3.84. The van der Waals surface area contributed by atoms with Gasteiger partial charge in [-0.15, -0.1) is 0 Å². The molecule has 0 fully saturated rings. The lowest BCUT2D eigenvalue weighted by atomic mass is 10.1. The second-order valence-electron chi connectivity index (χ2n) is 6.92. The van der Waals surface area contributed by atoms with Crippen LogP contribution in [-0.4, -0.2) is 20.0 Å². The zero-order valence-corrected chi connectivity index (χ0v) is 16.6. The van der Waals surface area contributed by atoms with Crippen molar-refractivity contribution in [3.63, 3.8) is 0 Å². The molecule has 0 aliphatic carbocycles. The summed E-state index contributed by atoms with van der Waals surface area (Å²) in [5.41, 5.74) is 0.483. The van der Waals surface area contributed by atoms with Crippen LogP contribution in [0.15, 0.2) is 12.2 Å². The van der Waals surface area contributed by atoms with Crippen molar-refractivity contribution in [2.75, 3.05) is 6.61 Å². The Balaban J connectivity index is 3.15. The van der Waals surface area contributed by atoms with Crippen molar-refractivity contribution in [3.8, 4) is 0 Å². The summed E-state index contributed by atoms with van der Waals surface area (Å²) in [7, 11) is -1.33. The second kappa shape index (κ2) is 13.2. The highest BCUT2D eigenvalue weighted by atomic mass is 35.6. The van der Waals surface area contributed by atoms with Crippen LogP contribution in [0.1, 0.15) is 71.1 Å². The number of esters is 1. The number of ether oxygens (including phenoxy) is 1. The number of unbranched alkanes of at least 4 members (excludes halogenated alkanes) is 9. The SMILES string of the molecule is C=C(C)C(=O)OCCCCCCCCCCCC[Si](C)(C)Cl. The van der Waals surface area contributed by atoms with Gasteiger partial charge in [0.2, 0.25) is 0 Å². The third-order valence-electron chi connectivity index (χ3n) is 3.75. The third kappa shape index (κ3) is 16.1. The summed E-state index contributed by atoms with van der Waals surface area (Å²) in [4.78, 5) is 11.2. The third-order valence-corrected chi connectivity index (χ3v) is 5.86. The lowest BCUT2D eigenvalue weighted by molar-refractivity contribution is -0.139. The minimum Gasteiger partial charge on any atom is -0.462 e. The van der Waals surface area contributed by atoms with Gasteiger partial charge in [-0.05, 0) is 19.4 Å². The van der Waals surface area contributed by atoms with Gasteiger partial charge in [0.1, 0.15) is 7.38 Å². The van der Waals surface area contributed by atoms with Crippen LogP contribution >= 0.6 is 11.1 Å². The Bertz CT molecular complexity index is 311. The standard InChI is InChI=1S/C18H35ClO2Si/c1-17(2)18(20)21-15-13-11-9-7-5-6-8-10-12-14-16-22(3,4)19/h1,5-16H2,2-4H3. The van der Waals surface area contributed by atoms with Crippen molar-refractivity contribution in [2.45, 2.75) is 90.3 Å². The van der Waals surface area contributed by atoms with Crippen LogP contribution in [0.2, 0.25) is 19.1 Å². The minimum atomic E-state index is -1.33. The largest absolute Gasteiger partial charge is 0.462 e. The minimum absolute atomic E-state index is 0.264. The molecule has 130 valence electrons. The molecule has 0 saturated carbocycles. The first-order valence-corrected chi connectivity index (χ1v) is 13.1. The molecule has 0 N–H and O–H groups in total. The molecule has 0 atom stereocenters. The summed E-state index contributed by atoms with van der Waals surface area (Å²) >= 11 is 6.31. The quantitative estimate of drug-likeness (QED) is 0.119. The zero-order valence-electron chi connectivity index (χ0n) is 14.9. The molecule has 0 saturated heterocycles. The molecule has 0 aliphatic heterocycles. The molecule has 0 aromatic heterocycles. The van der Waals surface area contributed by atoms with E-state index in [1.165, 1.54) is 57.4 Å². The number of hydrogen-bond donors (Lipinski definition) is 0. The summed E-state index contributed by atoms with van der Waals surface area (Å²) in [6.07, 6.45) is 12.7. The predicted octanol–water partition coefficient (Wildman–Crippen LogP) is 6.45. The van der Waals surface area contributed by atoms with Crippen molar-refractivity contribution in [1.29, 1.82) is 0 Å². The van der Waals surface area contributed by atoms with Gasteiger partial charge in [0.25, 0.3) is 0 Å². The van der Waals surface area contributed by atoms with Crippen LogP contribution in [0.3, 0.4) is 0 Å². The molecule has 22 heavy (non-hydrogen) atoms. The van der Waals surface area contributed by atoms with Crippen LogP contribution in [0.25, 0.3) is 0 Å². The maximum Gasteiger partial charge on any atom is 0.333 e. The Morgan fingerprint density at radius 2 is 1.32 bits per heavy atom. The topological polar surface area (TPSA) is 26.3 Å². The van der Waals surface area contributed by atoms with E-state index in [0.29, 0.717) is 12.2 Å². The van der Waals surface area contributed by atoms with E-state index in [4.69, 9.17) is 15.8 Å². The molecule has 0 rings (SSSR count). The zero-order chi connectivity index (χ0) is 16.8. The van der Waals surface area contributed by atoms with Crippen molar-refractivity contribution < 1.29 is 9.53 Å². The number of hydrogen-bond acceptors (Lipinski definition) is 2. The summed E-state index contributed by atoms with van der Waals surface area (Å²) in [5, 5.41) is 0. The predicted molar refractivity (Wildman–Crippen MR) is 100 cm³/mol. The lowest BCUT2D eigenvalue weighted by Gasteiger charge is -2.11. The Hall–Kier alpha value is -0.283. The van der Waals surface area contributed by atoms with Gasteiger partial charge < -0.3 is 4.74 Å². The molecule has 0 aliphatic rings. The normalized spacial score (nSPS) is 11.5. The molecule has 2 nitrogen and oxygen atoms in total. The summed E-state index contributed by atoms with van der Waals surface area (Å²) < 4.78 is 5.06. The van der Waals surface area contributed by atoms with Gasteiger partial charge in [0.05, 0.1) is 6.61 Å². The number of carbonyl (C=O) groups excluding carboxylic acids is 1. The maximum absolute atomic E-state index is 11.2. The van der Waals surface area contributed by atoms with Gasteiger partial charge in [0, 0.05) is 5.57 Å². The molecule has 0 aromatic carbocycles. The van der Waals surface area contributed by atoms with E-state index in [-0.39, 0.29) is 5.97 Å². The fraction of sp³-hybridized carbons (Fsp3) is 0.833. The van der Waals surface area contributed by atoms with Gasteiger partial charge >= 0.3 is 5.97 Å². The molecule has 0 heterocycles. The number of rotatable bonds is 14. The van der Waals surface area contributed by atoms with Crippen LogP contribution in [0.5, 0.6) is 0 Å². The lowest BCUT2D eigenvalue weighted by Crippen LogP contribution is -2.14. The second-order valence-corrected chi connectivity index (χ2v) is 13.9. The molecule has 0 bridgehead atoms. The molecule has 4 heteroatoms. The molecule has 0 radical (unpaired) electrons. The molecule has 0 aromatic rings. The van der Waals surface area contributed by atoms with E-state index in [1.807, 2.05) is 0 Å². The Kier molecular flexibility index (Phi) is 13.0. The first-order valence-electron chi connectivity index (χ1n) is 8.84. The number of halogens is 1. The summed E-state index contributed by atoms with van der Waals surface area (Å²) in [6, 6.07) is 1.25. The monoisotopic (exact) mass is 346 g/mol. The average Bonchev–Trinajstić information content (AvgIpc) is 2.42. The van der Waals surface area contributed by atoms with E-state index in [0.717, 1.165) is 12.8 Å². The van der Waals surface area contributed by atoms with Gasteiger partial charge in [-0.3, -0.25) is 0 Å². The van der Waals surface area contributed by atoms with Crippen LogP contribution < -0.4 is 0 Å². The van der Waals surface area contributed by atoms with E-state index in [9.17, 15) is 4.79 Å². The maximum atomic E-state index is 11.2. The molecular formula is C18H35ClO2Si. The van der Waals surface area contributed by atoms with Crippen LogP contribution in [0, 0.1) is 0 Å². The van der Waals surface area contributed by atoms with Crippen LogP contribution in [-0.2, 0) is 9.53 Å². The van der Waals surface area contributed by atoms with Gasteiger partial charge in [0.15, 0.2) is 0 Å². The fourth-order valence-electron chi connectivity index (χ4n) is 2.35. The van der Waals surface area contributed by atoms with Crippen molar-refractivity contribution in [2.24, 2.45) is 0 Å². The first-order chi connectivity index (χ1) is 10.3. The van der Waals surface area contributed by atoms with E-state index >= 15 is 0 Å². The van der Waals surface area contributed by atoms with Crippen molar-refractivity contribution in [3.05, 3.63) is 12.2 Å². The van der Waals surface area contributed by atoms with Gasteiger partial charge in [-0.2, -0.15) is 11.1 Å². The van der Waals surface area contributed by atoms with Crippen molar-refractivity contribution >= 4 is 24.4 Å². The van der Waals surface area contributed by atoms with E-state index < -0.39 is 7.38 Å². The number of carbonyl (C=O) groups is 1. The van der Waals surface area contributed by atoms with Crippen molar-refractivity contribution in [1.82, 2.24) is 0 Å². The molecule has 0 spiro atoms. The smallest absolute Gasteiger partial charge is 0.333 e. The van der Waals surface area contributed by atoms with Crippen LogP contribution in [0.4, 0.5) is 0 Å².